The number of aromatic nitrogens is 1. The van der Waals surface area contributed by atoms with E-state index in [1.165, 1.54) is 28.4 Å². The number of nitrogens with zero attached hydrogens (tertiary/aromatic N) is 1. The van der Waals surface area contributed by atoms with E-state index in [1.54, 1.807) is 0 Å². The van der Waals surface area contributed by atoms with Crippen molar-refractivity contribution in [1.82, 2.24) is 10.3 Å². The molecule has 1 aliphatic rings. The molecule has 2 unspecified atom stereocenters. The standard InChI is InChI=1S/C14H24N2OS/c1-3-4-11(17)8-15-9-14-16-12-6-5-10(2)7-13(12)18-14/h10-11,15,17H,3-9H2,1-2H3. The fraction of sp³-hybridized carbons (Fsp3) is 0.786. The second-order valence-electron chi connectivity index (χ2n) is 5.40. The van der Waals surface area contributed by atoms with Crippen LogP contribution in [0.3, 0.4) is 0 Å². The van der Waals surface area contributed by atoms with Crippen molar-refractivity contribution >= 4 is 11.3 Å². The molecule has 0 amide bonds. The van der Waals surface area contributed by atoms with E-state index in [-0.39, 0.29) is 6.10 Å². The molecule has 2 atom stereocenters. The molecular formula is C14H24N2OS. The number of hydrogen-bond donors (Lipinski definition) is 2. The lowest BCUT2D eigenvalue weighted by Crippen LogP contribution is -2.26. The maximum atomic E-state index is 9.64. The van der Waals surface area contributed by atoms with Gasteiger partial charge in [-0.3, -0.25) is 0 Å². The number of fused-ring (bicyclic) bond motifs is 1. The van der Waals surface area contributed by atoms with Crippen molar-refractivity contribution in [2.45, 2.75) is 58.6 Å². The van der Waals surface area contributed by atoms with Crippen LogP contribution in [0.2, 0.25) is 0 Å². The molecule has 0 saturated carbocycles. The number of aliphatic hydroxyl groups excluding tert-OH is 1. The summed E-state index contributed by atoms with van der Waals surface area (Å²) in [4.78, 5) is 6.19. The molecule has 2 rings (SSSR count). The minimum Gasteiger partial charge on any atom is -0.392 e. The van der Waals surface area contributed by atoms with Crippen LogP contribution in [0, 0.1) is 5.92 Å². The van der Waals surface area contributed by atoms with Gasteiger partial charge in [0.25, 0.3) is 0 Å². The summed E-state index contributed by atoms with van der Waals surface area (Å²) < 4.78 is 0. The van der Waals surface area contributed by atoms with Gasteiger partial charge in [0.05, 0.1) is 11.8 Å². The smallest absolute Gasteiger partial charge is 0.107 e. The summed E-state index contributed by atoms with van der Waals surface area (Å²) in [5, 5.41) is 14.1. The Kier molecular flexibility index (Phi) is 5.15. The molecule has 1 aromatic heterocycles. The van der Waals surface area contributed by atoms with E-state index in [0.29, 0.717) is 6.54 Å². The molecule has 0 saturated heterocycles. The van der Waals surface area contributed by atoms with Gasteiger partial charge in [0, 0.05) is 18.0 Å². The van der Waals surface area contributed by atoms with E-state index in [4.69, 9.17) is 4.98 Å². The van der Waals surface area contributed by atoms with Gasteiger partial charge in [0.1, 0.15) is 5.01 Å². The first kappa shape index (κ1) is 14.0. The van der Waals surface area contributed by atoms with Crippen molar-refractivity contribution in [2.75, 3.05) is 6.54 Å². The topological polar surface area (TPSA) is 45.1 Å². The molecule has 102 valence electrons. The SMILES string of the molecule is CCCC(O)CNCc1nc2c(s1)CC(C)CC2. The van der Waals surface area contributed by atoms with E-state index >= 15 is 0 Å². The molecule has 0 spiro atoms. The number of thiazole rings is 1. The van der Waals surface area contributed by atoms with Gasteiger partial charge in [-0.2, -0.15) is 0 Å². The highest BCUT2D eigenvalue weighted by Crippen LogP contribution is 2.29. The largest absolute Gasteiger partial charge is 0.392 e. The van der Waals surface area contributed by atoms with E-state index < -0.39 is 0 Å². The van der Waals surface area contributed by atoms with Crippen molar-refractivity contribution in [1.29, 1.82) is 0 Å². The first-order valence-corrected chi connectivity index (χ1v) is 7.87. The number of hydrogen-bond acceptors (Lipinski definition) is 4. The third-order valence-corrected chi connectivity index (χ3v) is 4.63. The minimum absolute atomic E-state index is 0.218. The Balaban J connectivity index is 1.80. The van der Waals surface area contributed by atoms with Gasteiger partial charge in [-0.25, -0.2) is 4.98 Å². The third kappa shape index (κ3) is 3.77. The Hall–Kier alpha value is -0.450. The van der Waals surface area contributed by atoms with Crippen LogP contribution in [-0.2, 0) is 19.4 Å². The van der Waals surface area contributed by atoms with Crippen molar-refractivity contribution in [3.8, 4) is 0 Å². The lowest BCUT2D eigenvalue weighted by molar-refractivity contribution is 0.160. The summed E-state index contributed by atoms with van der Waals surface area (Å²) in [7, 11) is 0. The monoisotopic (exact) mass is 268 g/mol. The van der Waals surface area contributed by atoms with Gasteiger partial charge in [-0.1, -0.05) is 20.3 Å². The lowest BCUT2D eigenvalue weighted by atomic mass is 9.93. The van der Waals surface area contributed by atoms with Crippen LogP contribution in [-0.4, -0.2) is 22.7 Å². The zero-order chi connectivity index (χ0) is 13.0. The summed E-state index contributed by atoms with van der Waals surface area (Å²) in [6, 6.07) is 0. The third-order valence-electron chi connectivity index (χ3n) is 3.51. The molecule has 18 heavy (non-hydrogen) atoms. The fourth-order valence-electron chi connectivity index (χ4n) is 2.45. The molecule has 1 heterocycles. The fourth-order valence-corrected chi connectivity index (χ4v) is 3.70. The summed E-state index contributed by atoms with van der Waals surface area (Å²) in [5.74, 6) is 0.810. The molecule has 0 radical (unpaired) electrons. The van der Waals surface area contributed by atoms with E-state index in [9.17, 15) is 5.11 Å². The Morgan fingerprint density at radius 1 is 1.56 bits per heavy atom. The average Bonchev–Trinajstić information content (AvgIpc) is 2.71. The van der Waals surface area contributed by atoms with Crippen molar-refractivity contribution in [2.24, 2.45) is 5.92 Å². The maximum Gasteiger partial charge on any atom is 0.107 e. The summed E-state index contributed by atoms with van der Waals surface area (Å²) >= 11 is 1.85. The van der Waals surface area contributed by atoms with E-state index in [0.717, 1.165) is 31.7 Å². The first-order valence-electron chi connectivity index (χ1n) is 7.05. The molecule has 0 bridgehead atoms. The highest BCUT2D eigenvalue weighted by molar-refractivity contribution is 7.11. The van der Waals surface area contributed by atoms with Gasteiger partial charge in [-0.05, 0) is 31.6 Å². The van der Waals surface area contributed by atoms with Crippen LogP contribution < -0.4 is 5.32 Å². The Morgan fingerprint density at radius 3 is 3.17 bits per heavy atom. The lowest BCUT2D eigenvalue weighted by Gasteiger charge is -2.15. The van der Waals surface area contributed by atoms with Crippen LogP contribution >= 0.6 is 11.3 Å². The number of aliphatic hydroxyl groups is 1. The Morgan fingerprint density at radius 2 is 2.39 bits per heavy atom. The van der Waals surface area contributed by atoms with Gasteiger partial charge < -0.3 is 10.4 Å². The normalized spacial score (nSPS) is 20.7. The van der Waals surface area contributed by atoms with E-state index in [1.807, 2.05) is 11.3 Å². The van der Waals surface area contributed by atoms with Crippen LogP contribution in [0.25, 0.3) is 0 Å². The van der Waals surface area contributed by atoms with Gasteiger partial charge in [0.2, 0.25) is 0 Å². The first-order chi connectivity index (χ1) is 8.69. The maximum absolute atomic E-state index is 9.64. The zero-order valence-electron chi connectivity index (χ0n) is 11.4. The van der Waals surface area contributed by atoms with Gasteiger partial charge in [-0.15, -0.1) is 11.3 Å². The predicted octanol–water partition coefficient (Wildman–Crippen LogP) is 2.52. The van der Waals surface area contributed by atoms with Crippen molar-refractivity contribution < 1.29 is 5.11 Å². The molecule has 4 heteroatoms. The van der Waals surface area contributed by atoms with Crippen LogP contribution in [0.1, 0.15) is 48.7 Å². The predicted molar refractivity (Wildman–Crippen MR) is 75.9 cm³/mol. The van der Waals surface area contributed by atoms with Crippen LogP contribution in [0.4, 0.5) is 0 Å². The number of nitrogens with one attached hydrogen (secondary N) is 1. The second kappa shape index (κ2) is 6.64. The van der Waals surface area contributed by atoms with Gasteiger partial charge >= 0.3 is 0 Å². The summed E-state index contributed by atoms with van der Waals surface area (Å²) in [6.45, 7) is 5.89. The molecule has 0 aliphatic heterocycles. The molecular weight excluding hydrogens is 244 g/mol. The molecule has 3 nitrogen and oxygen atoms in total. The van der Waals surface area contributed by atoms with Crippen molar-refractivity contribution in [3.05, 3.63) is 15.6 Å². The molecule has 0 aromatic carbocycles. The highest BCUT2D eigenvalue weighted by Gasteiger charge is 2.19. The number of aryl methyl sites for hydroxylation is 1. The molecule has 1 aromatic rings. The Bertz CT molecular complexity index is 378. The highest BCUT2D eigenvalue weighted by atomic mass is 32.1. The van der Waals surface area contributed by atoms with Crippen molar-refractivity contribution in [3.63, 3.8) is 0 Å². The Labute approximate surface area is 114 Å². The van der Waals surface area contributed by atoms with Crippen LogP contribution in [0.5, 0.6) is 0 Å². The van der Waals surface area contributed by atoms with Crippen LogP contribution in [0.15, 0.2) is 0 Å². The average molecular weight is 268 g/mol. The molecule has 2 N–H and O–H groups in total. The van der Waals surface area contributed by atoms with E-state index in [2.05, 4.69) is 19.2 Å². The molecule has 1 aliphatic carbocycles. The zero-order valence-corrected chi connectivity index (χ0v) is 12.2. The molecule has 0 fully saturated rings. The quantitative estimate of drug-likeness (QED) is 0.833. The minimum atomic E-state index is -0.218. The summed E-state index contributed by atoms with van der Waals surface area (Å²) in [6.07, 6.45) is 5.31. The summed E-state index contributed by atoms with van der Waals surface area (Å²) in [5.41, 5.74) is 1.32. The van der Waals surface area contributed by atoms with Gasteiger partial charge in [0.15, 0.2) is 0 Å². The number of rotatable bonds is 6. The second-order valence-corrected chi connectivity index (χ2v) is 6.57.